The van der Waals surface area contributed by atoms with Crippen LogP contribution in [0.3, 0.4) is 0 Å². The number of benzene rings is 1. The van der Waals surface area contributed by atoms with Crippen LogP contribution in [0.4, 0.5) is 0 Å². The van der Waals surface area contributed by atoms with Crippen molar-refractivity contribution in [3.8, 4) is 0 Å². The van der Waals surface area contributed by atoms with E-state index in [1.165, 1.54) is 11.0 Å². The molecule has 3 rings (SSSR count). The number of ether oxygens (including phenoxy) is 3. The number of carbonyl (C=O) groups is 3. The van der Waals surface area contributed by atoms with Crippen molar-refractivity contribution in [1.29, 1.82) is 0 Å². The van der Waals surface area contributed by atoms with E-state index in [-0.39, 0.29) is 38.2 Å². The number of fused-ring (bicyclic) bond motifs is 1. The molecule has 0 bridgehead atoms. The molecule has 9 heteroatoms. The lowest BCUT2D eigenvalue weighted by Gasteiger charge is -2.30. The van der Waals surface area contributed by atoms with E-state index in [1.54, 1.807) is 50.5 Å². The highest BCUT2D eigenvalue weighted by Crippen LogP contribution is 2.31. The third-order valence-corrected chi connectivity index (χ3v) is 4.97. The Labute approximate surface area is 180 Å². The summed E-state index contributed by atoms with van der Waals surface area (Å²) in [5.41, 5.74) is 1.24. The van der Waals surface area contributed by atoms with Gasteiger partial charge in [0.15, 0.2) is 0 Å². The number of nitrogens with zero attached hydrogens (tertiary/aromatic N) is 1. The first-order chi connectivity index (χ1) is 14.9. The summed E-state index contributed by atoms with van der Waals surface area (Å²) in [4.78, 5) is 38.6. The fourth-order valence-electron chi connectivity index (χ4n) is 3.35. The molecule has 1 fully saturated rings. The van der Waals surface area contributed by atoms with E-state index in [1.807, 2.05) is 0 Å². The molecule has 1 aromatic carbocycles. The smallest absolute Gasteiger partial charge is 0.339 e. The maximum atomic E-state index is 12.9. The van der Waals surface area contributed by atoms with E-state index in [2.05, 4.69) is 5.32 Å². The predicted octanol–water partition coefficient (Wildman–Crippen LogP) is 0.494. The molecule has 0 saturated carbocycles. The summed E-state index contributed by atoms with van der Waals surface area (Å²) in [5.74, 6) is -1.15. The van der Waals surface area contributed by atoms with Gasteiger partial charge in [-0.25, -0.2) is 4.79 Å². The highest BCUT2D eigenvalue weighted by Gasteiger charge is 2.42. The average molecular weight is 430 g/mol. The van der Waals surface area contributed by atoms with Gasteiger partial charge >= 0.3 is 5.97 Å². The Kier molecular flexibility index (Phi) is 7.56. The lowest BCUT2D eigenvalue weighted by atomic mass is 9.91. The maximum Gasteiger partial charge on any atom is 0.339 e. The minimum Gasteiger partial charge on any atom is -0.456 e. The summed E-state index contributed by atoms with van der Waals surface area (Å²) in [7, 11) is 3.27. The monoisotopic (exact) mass is 430 g/mol. The number of amides is 2. The van der Waals surface area contributed by atoms with Crippen LogP contribution in [0.25, 0.3) is 6.08 Å². The number of likely N-dealkylation sites (N-methyl/N-ethyl adjacent to an activating group) is 1. The SMILES string of the molecule is CN(C)C(=O)C=Cc1ccccc1C(=O)O[C@@H]1CC(C(=O)NCCO)=C[C@H]2OCO[C@H]21. The minimum atomic E-state index is -0.722. The van der Waals surface area contributed by atoms with Gasteiger partial charge in [0.1, 0.15) is 25.1 Å². The Hall–Kier alpha value is -3.01. The first kappa shape index (κ1) is 22.7. The number of hydrogen-bond donors (Lipinski definition) is 2. The van der Waals surface area contributed by atoms with Gasteiger partial charge in [-0.05, 0) is 23.8 Å². The second-order valence-corrected chi connectivity index (χ2v) is 7.35. The Morgan fingerprint density at radius 3 is 2.77 bits per heavy atom. The van der Waals surface area contributed by atoms with Crippen molar-refractivity contribution in [2.24, 2.45) is 0 Å². The van der Waals surface area contributed by atoms with Crippen molar-refractivity contribution in [3.63, 3.8) is 0 Å². The van der Waals surface area contributed by atoms with E-state index < -0.39 is 24.3 Å². The molecule has 2 aliphatic rings. The van der Waals surface area contributed by atoms with Crippen molar-refractivity contribution in [1.82, 2.24) is 10.2 Å². The Bertz CT molecular complexity index is 894. The predicted molar refractivity (Wildman–Crippen MR) is 111 cm³/mol. The molecular formula is C22H26N2O7. The molecule has 1 saturated heterocycles. The fourth-order valence-corrected chi connectivity index (χ4v) is 3.35. The number of aliphatic hydroxyl groups is 1. The molecule has 0 spiro atoms. The van der Waals surface area contributed by atoms with E-state index in [4.69, 9.17) is 19.3 Å². The largest absolute Gasteiger partial charge is 0.456 e. The molecule has 9 nitrogen and oxygen atoms in total. The average Bonchev–Trinajstić information content (AvgIpc) is 3.24. The van der Waals surface area contributed by atoms with Crippen LogP contribution in [0.2, 0.25) is 0 Å². The fraction of sp³-hybridized carbons (Fsp3) is 0.409. The number of rotatable bonds is 7. The quantitative estimate of drug-likeness (QED) is 0.478. The summed E-state index contributed by atoms with van der Waals surface area (Å²) < 4.78 is 16.8. The first-order valence-electron chi connectivity index (χ1n) is 9.93. The van der Waals surface area contributed by atoms with Gasteiger partial charge in [-0.3, -0.25) is 9.59 Å². The minimum absolute atomic E-state index is 0.0391. The van der Waals surface area contributed by atoms with Crippen LogP contribution in [-0.2, 0) is 23.8 Å². The van der Waals surface area contributed by atoms with Crippen LogP contribution >= 0.6 is 0 Å². The van der Waals surface area contributed by atoms with Crippen LogP contribution in [-0.4, -0.2) is 80.1 Å². The first-order valence-corrected chi connectivity index (χ1v) is 9.93. The lowest BCUT2D eigenvalue weighted by Crippen LogP contribution is -2.43. The van der Waals surface area contributed by atoms with Gasteiger partial charge in [0.25, 0.3) is 0 Å². The van der Waals surface area contributed by atoms with Gasteiger partial charge in [-0.1, -0.05) is 18.2 Å². The molecule has 1 aliphatic heterocycles. The molecule has 2 amide bonds. The lowest BCUT2D eigenvalue weighted by molar-refractivity contribution is -0.123. The van der Waals surface area contributed by atoms with E-state index >= 15 is 0 Å². The Balaban J connectivity index is 1.76. The zero-order valence-corrected chi connectivity index (χ0v) is 17.4. The number of carbonyl (C=O) groups excluding carboxylic acids is 3. The number of esters is 1. The Morgan fingerprint density at radius 1 is 1.26 bits per heavy atom. The van der Waals surface area contributed by atoms with Crippen molar-refractivity contribution >= 4 is 23.9 Å². The number of aliphatic hydroxyl groups excluding tert-OH is 1. The highest BCUT2D eigenvalue weighted by atomic mass is 16.7. The van der Waals surface area contributed by atoms with E-state index in [9.17, 15) is 14.4 Å². The van der Waals surface area contributed by atoms with E-state index in [0.717, 1.165) is 0 Å². The van der Waals surface area contributed by atoms with Crippen LogP contribution in [0.15, 0.2) is 42.0 Å². The van der Waals surface area contributed by atoms with Gasteiger partial charge in [0, 0.05) is 38.7 Å². The molecule has 1 heterocycles. The molecule has 0 unspecified atom stereocenters. The molecule has 1 aliphatic carbocycles. The molecule has 3 atom stereocenters. The molecule has 0 aromatic heterocycles. The van der Waals surface area contributed by atoms with Crippen LogP contribution in [0.5, 0.6) is 0 Å². The van der Waals surface area contributed by atoms with E-state index in [0.29, 0.717) is 16.7 Å². The third-order valence-electron chi connectivity index (χ3n) is 4.97. The number of nitrogens with one attached hydrogen (secondary N) is 1. The van der Waals surface area contributed by atoms with Gasteiger partial charge < -0.3 is 29.5 Å². The van der Waals surface area contributed by atoms with Crippen LogP contribution in [0.1, 0.15) is 22.3 Å². The summed E-state index contributed by atoms with van der Waals surface area (Å²) in [6.07, 6.45) is 3.02. The van der Waals surface area contributed by atoms with Crippen molar-refractivity contribution < 1.29 is 33.7 Å². The van der Waals surface area contributed by atoms with Crippen molar-refractivity contribution in [3.05, 3.63) is 53.1 Å². The van der Waals surface area contributed by atoms with Gasteiger partial charge in [0.2, 0.25) is 11.8 Å². The highest BCUT2D eigenvalue weighted by molar-refractivity contribution is 5.97. The maximum absolute atomic E-state index is 12.9. The second-order valence-electron chi connectivity index (χ2n) is 7.35. The normalized spacial score (nSPS) is 22.5. The number of hydrogen-bond acceptors (Lipinski definition) is 7. The molecule has 166 valence electrons. The molecular weight excluding hydrogens is 404 g/mol. The topological polar surface area (TPSA) is 114 Å². The van der Waals surface area contributed by atoms with Gasteiger partial charge in [0.05, 0.1) is 12.2 Å². The zero-order valence-electron chi connectivity index (χ0n) is 17.4. The molecule has 31 heavy (non-hydrogen) atoms. The van der Waals surface area contributed by atoms with Gasteiger partial charge in [-0.15, -0.1) is 0 Å². The van der Waals surface area contributed by atoms with Crippen molar-refractivity contribution in [2.45, 2.75) is 24.7 Å². The second kappa shape index (κ2) is 10.3. The van der Waals surface area contributed by atoms with Gasteiger partial charge in [-0.2, -0.15) is 0 Å². The summed E-state index contributed by atoms with van der Waals surface area (Å²) in [6.45, 7) is -0.0153. The Morgan fingerprint density at radius 2 is 2.03 bits per heavy atom. The van der Waals surface area contributed by atoms with Crippen LogP contribution in [0, 0.1) is 0 Å². The molecule has 2 N–H and O–H groups in total. The standard InChI is InChI=1S/C22H26N2O7/c1-24(2)19(26)8-7-14-5-3-4-6-16(14)22(28)31-18-12-15(21(27)23-9-10-25)11-17-20(18)30-13-29-17/h3-8,11,17-18,20,25H,9-10,12-13H2,1-2H3,(H,23,27)/t17-,18-,20-/m1/s1. The molecule has 1 aromatic rings. The summed E-state index contributed by atoms with van der Waals surface area (Å²) in [6, 6.07) is 6.78. The van der Waals surface area contributed by atoms with Crippen LogP contribution < -0.4 is 5.32 Å². The summed E-state index contributed by atoms with van der Waals surface area (Å²) >= 11 is 0. The van der Waals surface area contributed by atoms with Crippen molar-refractivity contribution in [2.75, 3.05) is 34.0 Å². The summed E-state index contributed by atoms with van der Waals surface area (Å²) in [5, 5.41) is 11.5. The third kappa shape index (κ3) is 5.57. The molecule has 0 radical (unpaired) electrons. The zero-order chi connectivity index (χ0) is 22.4.